The summed E-state index contributed by atoms with van der Waals surface area (Å²) in [5, 5.41) is 9.38. The smallest absolute Gasteiger partial charge is 0.378 e. The normalized spacial score (nSPS) is 24.2. The summed E-state index contributed by atoms with van der Waals surface area (Å²) in [4.78, 5) is 13.8. The van der Waals surface area contributed by atoms with Crippen LogP contribution < -0.4 is 16.0 Å². The fourth-order valence-corrected chi connectivity index (χ4v) is 4.73. The number of carbonyl (C=O) groups excluding carboxylic acids is 1. The summed E-state index contributed by atoms with van der Waals surface area (Å²) in [6, 6.07) is 13.7. The van der Waals surface area contributed by atoms with E-state index in [-0.39, 0.29) is 30.5 Å². The minimum absolute atomic E-state index is 0.00183. The first-order valence-corrected chi connectivity index (χ1v) is 11.5. The SMILES string of the molecule is CN(C)CNC(=O)CNC[C@H]1CC[C@@H]2[C@H](O1)c1cc(C(F)(F)F)ccc1N[C@H]2c1ccccc1. The number of nitrogens with one attached hydrogen (secondary N) is 3. The van der Waals surface area contributed by atoms with Crippen molar-refractivity contribution in [2.75, 3.05) is 39.2 Å². The molecule has 0 radical (unpaired) electrons. The van der Waals surface area contributed by atoms with Crippen LogP contribution in [0.1, 0.15) is 41.7 Å². The van der Waals surface area contributed by atoms with Crippen LogP contribution in [0.4, 0.5) is 18.9 Å². The van der Waals surface area contributed by atoms with Crippen molar-refractivity contribution in [2.24, 2.45) is 5.92 Å². The topological polar surface area (TPSA) is 65.6 Å². The maximum atomic E-state index is 13.4. The number of alkyl halides is 3. The van der Waals surface area contributed by atoms with E-state index in [4.69, 9.17) is 4.74 Å². The van der Waals surface area contributed by atoms with Crippen LogP contribution in [-0.2, 0) is 15.7 Å². The standard InChI is InChI=1S/C25H31F3N4O2/c1-32(2)15-30-22(33)14-29-13-18-9-10-19-23(16-6-4-3-5-7-16)31-21-11-8-17(25(26,27)28)12-20(21)24(19)34-18/h3-8,11-12,18-19,23-24,29,31H,9-10,13-15H2,1-2H3,(H,30,33)/t18-,19+,23+,24+/m1/s1. The van der Waals surface area contributed by atoms with Gasteiger partial charge in [-0.05, 0) is 50.7 Å². The lowest BCUT2D eigenvalue weighted by molar-refractivity contribution is -0.138. The molecule has 0 aromatic heterocycles. The Balaban J connectivity index is 1.51. The molecule has 184 valence electrons. The van der Waals surface area contributed by atoms with E-state index in [9.17, 15) is 18.0 Å². The van der Waals surface area contributed by atoms with Crippen LogP contribution >= 0.6 is 0 Å². The van der Waals surface area contributed by atoms with Crippen LogP contribution in [-0.4, -0.2) is 50.8 Å². The summed E-state index contributed by atoms with van der Waals surface area (Å²) in [6.07, 6.45) is -3.53. The van der Waals surface area contributed by atoms with Gasteiger partial charge in [-0.3, -0.25) is 9.69 Å². The Morgan fingerprint density at radius 2 is 1.91 bits per heavy atom. The molecule has 1 saturated heterocycles. The number of hydrogen-bond acceptors (Lipinski definition) is 5. The first-order chi connectivity index (χ1) is 16.2. The van der Waals surface area contributed by atoms with Gasteiger partial charge < -0.3 is 20.7 Å². The van der Waals surface area contributed by atoms with Crippen molar-refractivity contribution < 1.29 is 22.7 Å². The maximum absolute atomic E-state index is 13.4. The summed E-state index contributed by atoms with van der Waals surface area (Å²) in [5.74, 6) is -0.119. The van der Waals surface area contributed by atoms with Gasteiger partial charge in [0.2, 0.25) is 5.91 Å². The molecule has 0 spiro atoms. The van der Waals surface area contributed by atoms with E-state index >= 15 is 0 Å². The van der Waals surface area contributed by atoms with E-state index in [2.05, 4.69) is 16.0 Å². The number of benzene rings is 2. The fourth-order valence-electron chi connectivity index (χ4n) is 4.73. The van der Waals surface area contributed by atoms with Gasteiger partial charge in [-0.2, -0.15) is 13.2 Å². The van der Waals surface area contributed by atoms with Crippen molar-refractivity contribution >= 4 is 11.6 Å². The molecular weight excluding hydrogens is 445 g/mol. The first kappa shape index (κ1) is 24.5. The first-order valence-electron chi connectivity index (χ1n) is 11.5. The van der Waals surface area contributed by atoms with Gasteiger partial charge >= 0.3 is 6.18 Å². The molecule has 2 aromatic rings. The zero-order valence-electron chi connectivity index (χ0n) is 19.4. The summed E-state index contributed by atoms with van der Waals surface area (Å²) < 4.78 is 46.7. The third-order valence-electron chi connectivity index (χ3n) is 6.38. The zero-order chi connectivity index (χ0) is 24.3. The van der Waals surface area contributed by atoms with E-state index in [0.29, 0.717) is 24.5 Å². The molecule has 1 fully saturated rings. The number of carbonyl (C=O) groups is 1. The summed E-state index contributed by atoms with van der Waals surface area (Å²) in [6.45, 7) is 1.07. The third-order valence-corrected chi connectivity index (χ3v) is 6.38. The van der Waals surface area contributed by atoms with E-state index < -0.39 is 17.8 Å². The number of fused-ring (bicyclic) bond motifs is 3. The highest BCUT2D eigenvalue weighted by Gasteiger charge is 2.43. The zero-order valence-corrected chi connectivity index (χ0v) is 19.4. The van der Waals surface area contributed by atoms with Crippen molar-refractivity contribution in [1.82, 2.24) is 15.5 Å². The number of hydrogen-bond donors (Lipinski definition) is 3. The van der Waals surface area contributed by atoms with Gasteiger partial charge in [-0.25, -0.2) is 0 Å². The molecule has 6 nitrogen and oxygen atoms in total. The quantitative estimate of drug-likeness (QED) is 0.529. The van der Waals surface area contributed by atoms with Gasteiger partial charge in [0.25, 0.3) is 0 Å². The van der Waals surface area contributed by atoms with Crippen LogP contribution in [0.15, 0.2) is 48.5 Å². The Morgan fingerprint density at radius 3 is 2.62 bits per heavy atom. The highest BCUT2D eigenvalue weighted by Crippen LogP contribution is 2.51. The minimum atomic E-state index is -4.42. The van der Waals surface area contributed by atoms with Crippen LogP contribution in [0.2, 0.25) is 0 Å². The molecule has 0 bridgehead atoms. The van der Waals surface area contributed by atoms with Crippen LogP contribution in [0, 0.1) is 5.92 Å². The van der Waals surface area contributed by atoms with Crippen LogP contribution in [0.25, 0.3) is 0 Å². The number of amides is 1. The highest BCUT2D eigenvalue weighted by atomic mass is 19.4. The number of nitrogens with zero attached hydrogens (tertiary/aromatic N) is 1. The summed E-state index contributed by atoms with van der Waals surface area (Å²) in [7, 11) is 3.73. The molecule has 0 saturated carbocycles. The predicted octanol–water partition coefficient (Wildman–Crippen LogP) is 3.93. The molecule has 3 N–H and O–H groups in total. The molecule has 4 atom stereocenters. The molecule has 9 heteroatoms. The monoisotopic (exact) mass is 476 g/mol. The van der Waals surface area contributed by atoms with Gasteiger partial charge in [0.1, 0.15) is 0 Å². The van der Waals surface area contributed by atoms with Crippen LogP contribution in [0.5, 0.6) is 0 Å². The minimum Gasteiger partial charge on any atom is -0.378 e. The second kappa shape index (κ2) is 10.3. The maximum Gasteiger partial charge on any atom is 0.416 e. The van der Waals surface area contributed by atoms with Gasteiger partial charge in [-0.15, -0.1) is 0 Å². The summed E-state index contributed by atoms with van der Waals surface area (Å²) >= 11 is 0. The van der Waals surface area contributed by atoms with Crippen LogP contribution in [0.3, 0.4) is 0 Å². The van der Waals surface area contributed by atoms with Gasteiger partial charge in [0.05, 0.1) is 37.0 Å². The molecular formula is C25H31F3N4O2. The number of halogens is 3. The Morgan fingerprint density at radius 1 is 1.15 bits per heavy atom. The Bertz CT molecular complexity index is 984. The largest absolute Gasteiger partial charge is 0.416 e. The number of anilines is 1. The van der Waals surface area contributed by atoms with E-state index in [0.717, 1.165) is 24.5 Å². The van der Waals surface area contributed by atoms with Crippen molar-refractivity contribution in [3.8, 4) is 0 Å². The molecule has 4 rings (SSSR count). The van der Waals surface area contributed by atoms with Gasteiger partial charge in [0, 0.05) is 23.7 Å². The molecule has 2 aliphatic heterocycles. The molecule has 0 aliphatic carbocycles. The lowest BCUT2D eigenvalue weighted by Gasteiger charge is -2.46. The molecule has 1 amide bonds. The average Bonchev–Trinajstić information content (AvgIpc) is 2.82. The van der Waals surface area contributed by atoms with Crippen molar-refractivity contribution in [3.63, 3.8) is 0 Å². The predicted molar refractivity (Wildman–Crippen MR) is 124 cm³/mol. The molecule has 2 aromatic carbocycles. The van der Waals surface area contributed by atoms with E-state index in [1.807, 2.05) is 49.3 Å². The lowest BCUT2D eigenvalue weighted by atomic mass is 9.76. The lowest BCUT2D eigenvalue weighted by Crippen LogP contribution is -2.44. The Kier molecular flexibility index (Phi) is 7.45. The van der Waals surface area contributed by atoms with E-state index in [1.54, 1.807) is 0 Å². The second-order valence-corrected chi connectivity index (χ2v) is 9.22. The molecule has 2 aliphatic rings. The van der Waals surface area contributed by atoms with Crippen molar-refractivity contribution in [2.45, 2.75) is 37.3 Å². The van der Waals surface area contributed by atoms with Crippen molar-refractivity contribution in [1.29, 1.82) is 0 Å². The fraction of sp³-hybridized carbons (Fsp3) is 0.480. The summed E-state index contributed by atoms with van der Waals surface area (Å²) in [5.41, 5.74) is 1.62. The molecule has 34 heavy (non-hydrogen) atoms. The Labute approximate surface area is 197 Å². The number of ether oxygens (including phenoxy) is 1. The number of rotatable bonds is 7. The van der Waals surface area contributed by atoms with Crippen molar-refractivity contribution in [3.05, 3.63) is 65.2 Å². The van der Waals surface area contributed by atoms with Gasteiger partial charge in [0.15, 0.2) is 0 Å². The van der Waals surface area contributed by atoms with E-state index in [1.165, 1.54) is 12.1 Å². The second-order valence-electron chi connectivity index (χ2n) is 9.22. The van der Waals surface area contributed by atoms with Gasteiger partial charge in [-0.1, -0.05) is 30.3 Å². The third kappa shape index (κ3) is 5.71. The highest BCUT2D eigenvalue weighted by molar-refractivity contribution is 5.77. The Hall–Kier alpha value is -2.62. The average molecular weight is 477 g/mol. The molecule has 0 unspecified atom stereocenters. The molecule has 2 heterocycles.